The molecule has 4 nitrogen and oxygen atoms in total. The largest absolute Gasteiger partial charge is 0.492 e. The minimum atomic E-state index is -0.131. The van der Waals surface area contributed by atoms with Crippen molar-refractivity contribution in [1.29, 1.82) is 0 Å². The van der Waals surface area contributed by atoms with E-state index in [-0.39, 0.29) is 5.91 Å². The highest BCUT2D eigenvalue weighted by Crippen LogP contribution is 2.13. The lowest BCUT2D eigenvalue weighted by Crippen LogP contribution is -2.28. The zero-order valence-corrected chi connectivity index (χ0v) is 13.2. The Hall–Kier alpha value is -2.75. The van der Waals surface area contributed by atoms with Gasteiger partial charge in [-0.1, -0.05) is 24.8 Å². The molecular weight excluding hydrogens is 290 g/mol. The van der Waals surface area contributed by atoms with Crippen molar-refractivity contribution in [2.24, 2.45) is 0 Å². The Balaban J connectivity index is 1.75. The molecule has 0 heterocycles. The van der Waals surface area contributed by atoms with Crippen LogP contribution in [-0.4, -0.2) is 25.7 Å². The van der Waals surface area contributed by atoms with Crippen molar-refractivity contribution in [2.75, 3.05) is 19.8 Å². The molecule has 0 spiro atoms. The van der Waals surface area contributed by atoms with Crippen LogP contribution in [0.2, 0.25) is 0 Å². The highest BCUT2D eigenvalue weighted by Gasteiger charge is 2.05. The summed E-state index contributed by atoms with van der Waals surface area (Å²) in [7, 11) is 0. The Labute approximate surface area is 136 Å². The van der Waals surface area contributed by atoms with E-state index in [0.29, 0.717) is 31.1 Å². The van der Waals surface area contributed by atoms with Crippen LogP contribution < -0.4 is 14.8 Å². The monoisotopic (exact) mass is 311 g/mol. The molecule has 1 N–H and O–H groups in total. The summed E-state index contributed by atoms with van der Waals surface area (Å²) in [6.07, 6.45) is 1.68. The SMILES string of the molecule is C=CCOc1ccc(C(=O)NCCOc2cccc(C)c2)cc1. The van der Waals surface area contributed by atoms with E-state index in [1.807, 2.05) is 31.2 Å². The van der Waals surface area contributed by atoms with E-state index in [0.717, 1.165) is 11.3 Å². The lowest BCUT2D eigenvalue weighted by atomic mass is 10.2. The molecule has 1 amide bonds. The Morgan fingerprint density at radius 1 is 1.13 bits per heavy atom. The van der Waals surface area contributed by atoms with Crippen LogP contribution in [0.1, 0.15) is 15.9 Å². The van der Waals surface area contributed by atoms with Gasteiger partial charge < -0.3 is 14.8 Å². The Morgan fingerprint density at radius 3 is 2.61 bits per heavy atom. The third-order valence-corrected chi connectivity index (χ3v) is 3.13. The fourth-order valence-electron chi connectivity index (χ4n) is 2.00. The van der Waals surface area contributed by atoms with Crippen molar-refractivity contribution in [3.63, 3.8) is 0 Å². The second kappa shape index (κ2) is 8.63. The van der Waals surface area contributed by atoms with Crippen LogP contribution in [0.15, 0.2) is 61.2 Å². The molecule has 2 aromatic carbocycles. The van der Waals surface area contributed by atoms with Gasteiger partial charge in [-0.15, -0.1) is 0 Å². The number of nitrogens with one attached hydrogen (secondary N) is 1. The maximum atomic E-state index is 12.0. The standard InChI is InChI=1S/C19H21NO3/c1-3-12-22-17-9-7-16(8-10-17)19(21)20-11-13-23-18-6-4-5-15(2)14-18/h3-10,14H,1,11-13H2,2H3,(H,20,21). The van der Waals surface area contributed by atoms with E-state index in [2.05, 4.69) is 11.9 Å². The van der Waals surface area contributed by atoms with Crippen LogP contribution in [0.4, 0.5) is 0 Å². The van der Waals surface area contributed by atoms with Gasteiger partial charge in [0.2, 0.25) is 0 Å². The number of amides is 1. The number of carbonyl (C=O) groups excluding carboxylic acids is 1. The quantitative estimate of drug-likeness (QED) is 0.600. The molecule has 0 saturated heterocycles. The Bertz CT molecular complexity index is 650. The molecule has 0 unspecified atom stereocenters. The molecule has 120 valence electrons. The van der Waals surface area contributed by atoms with Gasteiger partial charge in [0, 0.05) is 5.56 Å². The van der Waals surface area contributed by atoms with Gasteiger partial charge in [0.1, 0.15) is 24.7 Å². The van der Waals surface area contributed by atoms with Crippen molar-refractivity contribution in [2.45, 2.75) is 6.92 Å². The van der Waals surface area contributed by atoms with Gasteiger partial charge in [-0.05, 0) is 48.9 Å². The zero-order chi connectivity index (χ0) is 16.5. The summed E-state index contributed by atoms with van der Waals surface area (Å²) in [6, 6.07) is 14.8. The fraction of sp³-hybridized carbons (Fsp3) is 0.211. The zero-order valence-electron chi connectivity index (χ0n) is 13.2. The summed E-state index contributed by atoms with van der Waals surface area (Å²) in [5, 5.41) is 2.83. The first-order valence-corrected chi connectivity index (χ1v) is 7.50. The molecule has 0 aromatic heterocycles. The average Bonchev–Trinajstić information content (AvgIpc) is 2.57. The first-order valence-electron chi connectivity index (χ1n) is 7.50. The predicted octanol–water partition coefficient (Wildman–Crippen LogP) is 3.37. The van der Waals surface area contributed by atoms with E-state index in [1.54, 1.807) is 30.3 Å². The van der Waals surface area contributed by atoms with Crippen LogP contribution in [0.5, 0.6) is 11.5 Å². The van der Waals surface area contributed by atoms with Crippen LogP contribution in [0.25, 0.3) is 0 Å². The van der Waals surface area contributed by atoms with Gasteiger partial charge in [0.05, 0.1) is 6.54 Å². The topological polar surface area (TPSA) is 47.6 Å². The lowest BCUT2D eigenvalue weighted by Gasteiger charge is -2.09. The molecule has 0 aliphatic carbocycles. The van der Waals surface area contributed by atoms with Crippen molar-refractivity contribution >= 4 is 5.91 Å². The normalized spacial score (nSPS) is 9.96. The van der Waals surface area contributed by atoms with E-state index < -0.39 is 0 Å². The third-order valence-electron chi connectivity index (χ3n) is 3.13. The smallest absolute Gasteiger partial charge is 0.251 e. The summed E-state index contributed by atoms with van der Waals surface area (Å²) in [5.41, 5.74) is 1.73. The third kappa shape index (κ3) is 5.51. The fourth-order valence-corrected chi connectivity index (χ4v) is 2.00. The molecule has 2 aromatic rings. The second-order valence-corrected chi connectivity index (χ2v) is 5.04. The van der Waals surface area contributed by atoms with Gasteiger partial charge >= 0.3 is 0 Å². The van der Waals surface area contributed by atoms with Crippen molar-refractivity contribution < 1.29 is 14.3 Å². The molecule has 0 radical (unpaired) electrons. The second-order valence-electron chi connectivity index (χ2n) is 5.04. The molecule has 0 bridgehead atoms. The molecule has 2 rings (SSSR count). The summed E-state index contributed by atoms with van der Waals surface area (Å²) < 4.78 is 11.0. The van der Waals surface area contributed by atoms with Gasteiger partial charge in [-0.25, -0.2) is 0 Å². The average molecular weight is 311 g/mol. The van der Waals surface area contributed by atoms with Crippen molar-refractivity contribution in [3.05, 3.63) is 72.3 Å². The highest BCUT2D eigenvalue weighted by molar-refractivity contribution is 5.94. The first kappa shape index (κ1) is 16.6. The molecule has 0 aliphatic heterocycles. The van der Waals surface area contributed by atoms with Crippen LogP contribution >= 0.6 is 0 Å². The summed E-state index contributed by atoms with van der Waals surface area (Å²) >= 11 is 0. The maximum Gasteiger partial charge on any atom is 0.251 e. The number of hydrogen-bond acceptors (Lipinski definition) is 3. The van der Waals surface area contributed by atoms with Gasteiger partial charge in [0.25, 0.3) is 5.91 Å². The first-order chi connectivity index (χ1) is 11.2. The van der Waals surface area contributed by atoms with Gasteiger partial charge in [-0.2, -0.15) is 0 Å². The van der Waals surface area contributed by atoms with E-state index in [4.69, 9.17) is 9.47 Å². The lowest BCUT2D eigenvalue weighted by molar-refractivity contribution is 0.0947. The number of benzene rings is 2. The van der Waals surface area contributed by atoms with Crippen LogP contribution in [0, 0.1) is 6.92 Å². The highest BCUT2D eigenvalue weighted by atomic mass is 16.5. The van der Waals surface area contributed by atoms with Gasteiger partial charge in [-0.3, -0.25) is 4.79 Å². The molecule has 0 aliphatic rings. The molecule has 4 heteroatoms. The number of carbonyl (C=O) groups is 1. The Morgan fingerprint density at radius 2 is 1.91 bits per heavy atom. The van der Waals surface area contributed by atoms with E-state index in [1.165, 1.54) is 0 Å². The van der Waals surface area contributed by atoms with E-state index in [9.17, 15) is 4.79 Å². The van der Waals surface area contributed by atoms with Crippen molar-refractivity contribution in [3.8, 4) is 11.5 Å². The van der Waals surface area contributed by atoms with E-state index >= 15 is 0 Å². The van der Waals surface area contributed by atoms with Crippen LogP contribution in [-0.2, 0) is 0 Å². The number of hydrogen-bond donors (Lipinski definition) is 1. The molecule has 0 saturated carbocycles. The minimum absolute atomic E-state index is 0.131. The maximum absolute atomic E-state index is 12.0. The molecule has 0 fully saturated rings. The Kier molecular flexibility index (Phi) is 6.24. The predicted molar refractivity (Wildman–Crippen MR) is 91.1 cm³/mol. The van der Waals surface area contributed by atoms with Crippen LogP contribution in [0.3, 0.4) is 0 Å². The summed E-state index contributed by atoms with van der Waals surface area (Å²) in [6.45, 7) is 6.92. The van der Waals surface area contributed by atoms with Crippen molar-refractivity contribution in [1.82, 2.24) is 5.32 Å². The molecular formula is C19H21NO3. The molecule has 23 heavy (non-hydrogen) atoms. The number of rotatable bonds is 8. The number of ether oxygens (including phenoxy) is 2. The summed E-state index contributed by atoms with van der Waals surface area (Å²) in [4.78, 5) is 12.0. The summed E-state index contributed by atoms with van der Waals surface area (Å²) in [5.74, 6) is 1.39. The number of aryl methyl sites for hydroxylation is 1. The van der Waals surface area contributed by atoms with Gasteiger partial charge in [0.15, 0.2) is 0 Å². The minimum Gasteiger partial charge on any atom is -0.492 e. The molecule has 0 atom stereocenters.